The molecular weight excluding hydrogens is 452 g/mol. The number of hydrogen-bond donors (Lipinski definition) is 2. The van der Waals surface area contributed by atoms with Crippen LogP contribution in [0, 0.1) is 18.3 Å². The molecule has 2 N–H and O–H groups in total. The van der Waals surface area contributed by atoms with Gasteiger partial charge in [0.1, 0.15) is 17.9 Å². The third-order valence-electron chi connectivity index (χ3n) is 7.68. The van der Waals surface area contributed by atoms with Gasteiger partial charge in [0.25, 0.3) is 0 Å². The quantitative estimate of drug-likeness (QED) is 0.409. The predicted octanol–water partition coefficient (Wildman–Crippen LogP) is 5.72. The van der Waals surface area contributed by atoms with Crippen molar-refractivity contribution in [2.24, 2.45) is 11.3 Å². The molecule has 2 heterocycles. The summed E-state index contributed by atoms with van der Waals surface area (Å²) in [5.74, 6) is 1.19. The number of carbonyl (C=O) groups excluding carboxylic acids is 1. The number of hydrogen-bond acceptors (Lipinski definition) is 6. The minimum atomic E-state index is -0.283. The summed E-state index contributed by atoms with van der Waals surface area (Å²) in [6.45, 7) is 13.5. The maximum Gasteiger partial charge on any atom is 0.407 e. The van der Waals surface area contributed by atoms with E-state index >= 15 is 0 Å². The number of unbranched alkanes of at least 4 members (excludes halogenated alkanes) is 2. The lowest BCUT2D eigenvalue weighted by Gasteiger charge is -2.27. The number of aromatic nitrogens is 2. The fourth-order valence-corrected chi connectivity index (χ4v) is 4.69. The summed E-state index contributed by atoms with van der Waals surface area (Å²) in [6, 6.07) is 6.76. The van der Waals surface area contributed by atoms with Gasteiger partial charge < -0.3 is 20.1 Å². The second-order valence-electron chi connectivity index (χ2n) is 12.0. The first-order valence-electron chi connectivity index (χ1n) is 13.7. The van der Waals surface area contributed by atoms with Crippen molar-refractivity contribution in [3.05, 3.63) is 29.5 Å². The number of nitrogens with zero attached hydrogens (tertiary/aromatic N) is 2. The molecule has 1 aliphatic carbocycles. The summed E-state index contributed by atoms with van der Waals surface area (Å²) in [4.78, 5) is 22.0. The van der Waals surface area contributed by atoms with Gasteiger partial charge in [-0.15, -0.1) is 0 Å². The van der Waals surface area contributed by atoms with E-state index in [9.17, 15) is 4.79 Å². The van der Waals surface area contributed by atoms with Crippen LogP contribution in [0.4, 0.5) is 4.79 Å². The Morgan fingerprint density at radius 2 is 1.97 bits per heavy atom. The summed E-state index contributed by atoms with van der Waals surface area (Å²) in [7, 11) is 0. The number of carbonyl (C=O) groups is 1. The van der Waals surface area contributed by atoms with Crippen LogP contribution in [-0.2, 0) is 11.2 Å². The third kappa shape index (κ3) is 7.31. The topological polar surface area (TPSA) is 85.4 Å². The fraction of sp³-hybridized carbons (Fsp3) is 0.690. The van der Waals surface area contributed by atoms with Crippen molar-refractivity contribution in [3.63, 3.8) is 0 Å². The number of ether oxygens (including phenoxy) is 2. The zero-order valence-corrected chi connectivity index (χ0v) is 22.9. The van der Waals surface area contributed by atoms with Crippen molar-refractivity contribution in [2.75, 3.05) is 6.54 Å². The van der Waals surface area contributed by atoms with E-state index in [-0.39, 0.29) is 29.8 Å². The van der Waals surface area contributed by atoms with Gasteiger partial charge in [0.2, 0.25) is 5.88 Å². The van der Waals surface area contributed by atoms with Gasteiger partial charge in [-0.3, -0.25) is 0 Å². The van der Waals surface area contributed by atoms with Crippen LogP contribution in [0.25, 0.3) is 11.0 Å². The van der Waals surface area contributed by atoms with Gasteiger partial charge in [0.15, 0.2) is 0 Å². The summed E-state index contributed by atoms with van der Waals surface area (Å²) in [6.07, 6.45) is 7.17. The molecule has 7 heteroatoms. The predicted molar refractivity (Wildman–Crippen MR) is 143 cm³/mol. The van der Waals surface area contributed by atoms with Crippen molar-refractivity contribution in [1.82, 2.24) is 20.6 Å². The number of amides is 1. The standard InChI is InChI=1S/C29H44N4O3/c1-18-12-13-23-25(14-18)33-27(35-22-15-19(2)30-17-22)24(32-23)11-9-7-8-10-21-16-26(21)36-28(34)31-20(3)29(4,5)6/h12-14,19-22,26,30H,7-11,15-17H2,1-6H3,(H,31,34)/t19-,20-,21-,22?,26-/m1/s1. The molecule has 0 radical (unpaired) electrons. The highest BCUT2D eigenvalue weighted by molar-refractivity contribution is 5.75. The van der Waals surface area contributed by atoms with Crippen LogP contribution in [-0.4, -0.2) is 46.9 Å². The minimum absolute atomic E-state index is 0.0215. The van der Waals surface area contributed by atoms with E-state index in [2.05, 4.69) is 63.5 Å². The average molecular weight is 497 g/mol. The maximum atomic E-state index is 12.2. The highest BCUT2D eigenvalue weighted by atomic mass is 16.6. The van der Waals surface area contributed by atoms with Crippen molar-refractivity contribution in [1.29, 1.82) is 0 Å². The lowest BCUT2D eigenvalue weighted by atomic mass is 9.88. The van der Waals surface area contributed by atoms with E-state index in [1.807, 2.05) is 6.92 Å². The number of nitrogens with one attached hydrogen (secondary N) is 2. The smallest absolute Gasteiger partial charge is 0.407 e. The number of alkyl carbamates (subject to hydrolysis) is 1. The molecule has 0 bridgehead atoms. The number of benzene rings is 1. The zero-order chi connectivity index (χ0) is 25.9. The molecule has 1 amide bonds. The van der Waals surface area contributed by atoms with Gasteiger partial charge in [0.05, 0.1) is 11.0 Å². The molecule has 7 nitrogen and oxygen atoms in total. The highest BCUT2D eigenvalue weighted by Gasteiger charge is 2.40. The van der Waals surface area contributed by atoms with Gasteiger partial charge in [-0.2, -0.15) is 0 Å². The number of fused-ring (bicyclic) bond motifs is 1. The Balaban J connectivity index is 1.23. The monoisotopic (exact) mass is 496 g/mol. The van der Waals surface area contributed by atoms with Crippen molar-refractivity contribution in [3.8, 4) is 5.88 Å². The average Bonchev–Trinajstić information content (AvgIpc) is 3.40. The number of rotatable bonds is 10. The summed E-state index contributed by atoms with van der Waals surface area (Å²) >= 11 is 0. The van der Waals surface area contributed by atoms with Crippen LogP contribution < -0.4 is 15.4 Å². The van der Waals surface area contributed by atoms with Crippen LogP contribution in [0.15, 0.2) is 18.2 Å². The number of aryl methyl sites for hydroxylation is 2. The third-order valence-corrected chi connectivity index (χ3v) is 7.68. The van der Waals surface area contributed by atoms with E-state index in [1.54, 1.807) is 0 Å². The molecule has 1 aliphatic heterocycles. The first kappa shape index (κ1) is 26.6. The fourth-order valence-electron chi connectivity index (χ4n) is 4.69. The molecule has 36 heavy (non-hydrogen) atoms. The van der Waals surface area contributed by atoms with Crippen LogP contribution >= 0.6 is 0 Å². The summed E-state index contributed by atoms with van der Waals surface area (Å²) in [5, 5.41) is 6.42. The lowest BCUT2D eigenvalue weighted by Crippen LogP contribution is -2.42. The molecule has 1 saturated heterocycles. The summed E-state index contributed by atoms with van der Waals surface area (Å²) in [5.41, 5.74) is 3.98. The molecule has 2 aliphatic rings. The van der Waals surface area contributed by atoms with Gasteiger partial charge in [-0.05, 0) is 75.5 Å². The van der Waals surface area contributed by atoms with Crippen LogP contribution in [0.1, 0.15) is 84.4 Å². The second-order valence-corrected chi connectivity index (χ2v) is 12.0. The van der Waals surface area contributed by atoms with E-state index < -0.39 is 0 Å². The van der Waals surface area contributed by atoms with Crippen molar-refractivity contribution in [2.45, 2.75) is 111 Å². The second kappa shape index (κ2) is 11.3. The highest BCUT2D eigenvalue weighted by Crippen LogP contribution is 2.38. The van der Waals surface area contributed by atoms with E-state index in [0.717, 1.165) is 68.2 Å². The Hall–Kier alpha value is -2.41. The van der Waals surface area contributed by atoms with Crippen molar-refractivity contribution >= 4 is 17.1 Å². The Morgan fingerprint density at radius 3 is 2.69 bits per heavy atom. The molecule has 4 rings (SSSR count). The van der Waals surface area contributed by atoms with Gasteiger partial charge in [-0.25, -0.2) is 14.8 Å². The molecule has 1 aromatic carbocycles. The summed E-state index contributed by atoms with van der Waals surface area (Å²) < 4.78 is 12.0. The van der Waals surface area contributed by atoms with E-state index in [1.165, 1.54) is 5.56 Å². The Bertz CT molecular complexity index is 1050. The van der Waals surface area contributed by atoms with Crippen LogP contribution in [0.3, 0.4) is 0 Å². The van der Waals surface area contributed by atoms with E-state index in [4.69, 9.17) is 19.4 Å². The molecule has 5 atom stereocenters. The van der Waals surface area contributed by atoms with Crippen molar-refractivity contribution < 1.29 is 14.3 Å². The Kier molecular flexibility index (Phi) is 8.38. The molecule has 2 aromatic rings. The van der Waals surface area contributed by atoms with Crippen LogP contribution in [0.5, 0.6) is 5.88 Å². The normalized spacial score (nSPS) is 24.5. The van der Waals surface area contributed by atoms with Gasteiger partial charge >= 0.3 is 6.09 Å². The maximum absolute atomic E-state index is 12.2. The SMILES string of the molecule is Cc1ccc2nc(CCCCC[C@@H]3C[C@H]3OC(=O)N[C@H](C)C(C)(C)C)c(OC3CN[C@H](C)C3)nc2c1. The Morgan fingerprint density at radius 1 is 1.17 bits per heavy atom. The molecule has 2 fully saturated rings. The molecule has 0 spiro atoms. The molecule has 1 saturated carbocycles. The molecule has 1 unspecified atom stereocenters. The van der Waals surface area contributed by atoms with Gasteiger partial charge in [-0.1, -0.05) is 39.7 Å². The zero-order valence-electron chi connectivity index (χ0n) is 22.9. The van der Waals surface area contributed by atoms with E-state index in [0.29, 0.717) is 17.8 Å². The first-order chi connectivity index (χ1) is 17.1. The lowest BCUT2D eigenvalue weighted by molar-refractivity contribution is 0.121. The van der Waals surface area contributed by atoms with Crippen LogP contribution in [0.2, 0.25) is 0 Å². The Labute approximate surface area is 216 Å². The largest absolute Gasteiger partial charge is 0.472 e. The molecular formula is C29H44N4O3. The first-order valence-corrected chi connectivity index (χ1v) is 13.7. The van der Waals surface area contributed by atoms with Gasteiger partial charge in [0, 0.05) is 25.0 Å². The molecule has 1 aromatic heterocycles. The minimum Gasteiger partial charge on any atom is -0.472 e. The molecule has 198 valence electrons.